The largest absolute Gasteiger partial charge is 0.495 e. The van der Waals surface area contributed by atoms with Gasteiger partial charge in [-0.25, -0.2) is 4.79 Å². The minimum Gasteiger partial charge on any atom is -0.495 e. The molecule has 0 bridgehead atoms. The van der Waals surface area contributed by atoms with Gasteiger partial charge < -0.3 is 24.4 Å². The zero-order valence-corrected chi connectivity index (χ0v) is 12.8. The maximum atomic E-state index is 12.7. The number of hydrogen-bond donors (Lipinski definition) is 1. The number of methoxy groups -OCH3 is 1. The Labute approximate surface area is 130 Å². The van der Waals surface area contributed by atoms with E-state index in [4.69, 9.17) is 14.2 Å². The summed E-state index contributed by atoms with van der Waals surface area (Å²) in [6.07, 6.45) is 2.70. The van der Waals surface area contributed by atoms with Crippen molar-refractivity contribution in [2.24, 2.45) is 0 Å². The van der Waals surface area contributed by atoms with Gasteiger partial charge in [0.25, 0.3) is 0 Å². The predicted molar refractivity (Wildman–Crippen MR) is 82.0 cm³/mol. The quantitative estimate of drug-likeness (QED) is 0.932. The van der Waals surface area contributed by atoms with E-state index in [9.17, 15) is 4.79 Å². The van der Waals surface area contributed by atoms with E-state index in [2.05, 4.69) is 5.32 Å². The van der Waals surface area contributed by atoms with Gasteiger partial charge in [-0.05, 0) is 31.4 Å². The summed E-state index contributed by atoms with van der Waals surface area (Å²) in [6, 6.07) is 7.25. The molecule has 2 aliphatic heterocycles. The molecule has 120 valence electrons. The standard InChI is InChI=1S/C16H22N2O4/c1-20-14-8-3-2-6-12(14)17-16(19)18-9-5-4-7-13(18)15-21-10-11-22-15/h2-3,6,8,13,15H,4-5,7,9-11H2,1H3,(H,17,19)/t13-/m0/s1. The first kappa shape index (κ1) is 15.1. The van der Waals surface area contributed by atoms with Crippen molar-refractivity contribution in [2.45, 2.75) is 31.6 Å². The first-order chi connectivity index (χ1) is 10.8. The number of carbonyl (C=O) groups is 1. The molecule has 6 nitrogen and oxygen atoms in total. The van der Waals surface area contributed by atoms with Gasteiger partial charge in [-0.15, -0.1) is 0 Å². The fourth-order valence-electron chi connectivity index (χ4n) is 3.03. The number of carbonyl (C=O) groups excluding carboxylic acids is 1. The molecular formula is C16H22N2O4. The smallest absolute Gasteiger partial charge is 0.322 e. The lowest BCUT2D eigenvalue weighted by Crippen LogP contribution is -2.51. The maximum absolute atomic E-state index is 12.7. The number of para-hydroxylation sites is 2. The summed E-state index contributed by atoms with van der Waals surface area (Å²) in [5.74, 6) is 0.651. The van der Waals surface area contributed by atoms with Gasteiger partial charge >= 0.3 is 6.03 Å². The minimum absolute atomic E-state index is 0.0223. The van der Waals surface area contributed by atoms with Crippen molar-refractivity contribution < 1.29 is 19.0 Å². The molecule has 6 heteroatoms. The van der Waals surface area contributed by atoms with Crippen molar-refractivity contribution in [1.29, 1.82) is 0 Å². The minimum atomic E-state index is -0.302. The van der Waals surface area contributed by atoms with Crippen LogP contribution >= 0.6 is 0 Å². The van der Waals surface area contributed by atoms with Crippen LogP contribution in [0, 0.1) is 0 Å². The second-order valence-corrected chi connectivity index (χ2v) is 5.50. The zero-order valence-electron chi connectivity index (χ0n) is 12.8. The Balaban J connectivity index is 1.71. The molecule has 0 spiro atoms. The lowest BCUT2D eigenvalue weighted by molar-refractivity contribution is -0.0973. The monoisotopic (exact) mass is 306 g/mol. The Kier molecular flexibility index (Phi) is 4.80. The average molecular weight is 306 g/mol. The number of urea groups is 1. The summed E-state index contributed by atoms with van der Waals surface area (Å²) in [5.41, 5.74) is 0.674. The highest BCUT2D eigenvalue weighted by molar-refractivity contribution is 5.91. The molecule has 0 aliphatic carbocycles. The van der Waals surface area contributed by atoms with Crippen molar-refractivity contribution >= 4 is 11.7 Å². The van der Waals surface area contributed by atoms with E-state index >= 15 is 0 Å². The van der Waals surface area contributed by atoms with Crippen LogP contribution in [0.4, 0.5) is 10.5 Å². The normalized spacial score (nSPS) is 22.6. The molecule has 0 radical (unpaired) electrons. The number of nitrogens with zero attached hydrogens (tertiary/aromatic N) is 1. The van der Waals surface area contributed by atoms with Crippen LogP contribution < -0.4 is 10.1 Å². The third-order valence-electron chi connectivity index (χ3n) is 4.12. The topological polar surface area (TPSA) is 60.0 Å². The number of nitrogens with one attached hydrogen (secondary N) is 1. The van der Waals surface area contributed by atoms with Crippen molar-refractivity contribution in [3.05, 3.63) is 24.3 Å². The Bertz CT molecular complexity index is 517. The Morgan fingerprint density at radius 3 is 2.82 bits per heavy atom. The van der Waals surface area contributed by atoms with E-state index in [0.717, 1.165) is 25.8 Å². The molecule has 2 fully saturated rings. The molecule has 2 saturated heterocycles. The molecule has 22 heavy (non-hydrogen) atoms. The number of hydrogen-bond acceptors (Lipinski definition) is 4. The number of rotatable bonds is 3. The Morgan fingerprint density at radius 1 is 1.27 bits per heavy atom. The highest BCUT2D eigenvalue weighted by Crippen LogP contribution is 2.27. The molecule has 2 amide bonds. The third kappa shape index (κ3) is 3.18. The Hall–Kier alpha value is -1.79. The molecule has 1 aromatic carbocycles. The first-order valence-electron chi connectivity index (χ1n) is 7.73. The molecule has 0 aromatic heterocycles. The van der Waals surface area contributed by atoms with E-state index in [1.54, 1.807) is 7.11 Å². The molecule has 1 N–H and O–H groups in total. The maximum Gasteiger partial charge on any atom is 0.322 e. The van der Waals surface area contributed by atoms with Crippen molar-refractivity contribution in [3.8, 4) is 5.75 Å². The lowest BCUT2D eigenvalue weighted by atomic mass is 10.0. The fraction of sp³-hybridized carbons (Fsp3) is 0.562. The van der Waals surface area contributed by atoms with Gasteiger partial charge in [0.05, 0.1) is 32.1 Å². The summed E-state index contributed by atoms with van der Waals surface area (Å²) in [7, 11) is 1.59. The second kappa shape index (κ2) is 6.98. The van der Waals surface area contributed by atoms with Gasteiger partial charge in [0, 0.05) is 6.54 Å². The lowest BCUT2D eigenvalue weighted by Gasteiger charge is -2.37. The number of ether oxygens (including phenoxy) is 3. The van der Waals surface area contributed by atoms with Gasteiger partial charge in [-0.2, -0.15) is 0 Å². The summed E-state index contributed by atoms with van der Waals surface area (Å²) >= 11 is 0. The third-order valence-corrected chi connectivity index (χ3v) is 4.12. The van der Waals surface area contributed by atoms with E-state index in [0.29, 0.717) is 24.7 Å². The van der Waals surface area contributed by atoms with Crippen LogP contribution in [0.25, 0.3) is 0 Å². The number of likely N-dealkylation sites (tertiary alicyclic amines) is 1. The van der Waals surface area contributed by atoms with Crippen LogP contribution in [0.5, 0.6) is 5.75 Å². The van der Waals surface area contributed by atoms with Crippen LogP contribution in [0.1, 0.15) is 19.3 Å². The summed E-state index contributed by atoms with van der Waals surface area (Å²) in [4.78, 5) is 14.5. The van der Waals surface area contributed by atoms with E-state index < -0.39 is 0 Å². The van der Waals surface area contributed by atoms with Gasteiger partial charge in [-0.1, -0.05) is 12.1 Å². The number of amides is 2. The predicted octanol–water partition coefficient (Wildman–Crippen LogP) is 2.45. The SMILES string of the molecule is COc1ccccc1NC(=O)N1CCCC[C@H]1C1OCCO1. The molecule has 1 atom stereocenters. The van der Waals surface area contributed by atoms with Crippen molar-refractivity contribution in [1.82, 2.24) is 4.90 Å². The molecule has 0 saturated carbocycles. The van der Waals surface area contributed by atoms with Crippen molar-refractivity contribution in [2.75, 3.05) is 32.2 Å². The van der Waals surface area contributed by atoms with Crippen LogP contribution in [0.2, 0.25) is 0 Å². The number of piperidine rings is 1. The molecular weight excluding hydrogens is 284 g/mol. The van der Waals surface area contributed by atoms with Gasteiger partial charge in [0.1, 0.15) is 5.75 Å². The summed E-state index contributed by atoms with van der Waals surface area (Å²) < 4.78 is 16.5. The molecule has 2 heterocycles. The van der Waals surface area contributed by atoms with Gasteiger partial charge in [0.2, 0.25) is 0 Å². The van der Waals surface area contributed by atoms with Crippen LogP contribution in [-0.4, -0.2) is 50.1 Å². The van der Waals surface area contributed by atoms with Gasteiger partial charge in [-0.3, -0.25) is 0 Å². The Morgan fingerprint density at radius 2 is 2.05 bits per heavy atom. The summed E-state index contributed by atoms with van der Waals surface area (Å²) in [5, 5.41) is 2.94. The van der Waals surface area contributed by atoms with Crippen LogP contribution in [-0.2, 0) is 9.47 Å². The highest BCUT2D eigenvalue weighted by Gasteiger charge is 2.36. The highest BCUT2D eigenvalue weighted by atomic mass is 16.7. The fourth-order valence-corrected chi connectivity index (χ4v) is 3.03. The average Bonchev–Trinajstić information content (AvgIpc) is 3.09. The second-order valence-electron chi connectivity index (χ2n) is 5.50. The van der Waals surface area contributed by atoms with Crippen LogP contribution in [0.3, 0.4) is 0 Å². The van der Waals surface area contributed by atoms with E-state index in [1.165, 1.54) is 0 Å². The van der Waals surface area contributed by atoms with Gasteiger partial charge in [0.15, 0.2) is 6.29 Å². The zero-order chi connectivity index (χ0) is 15.4. The first-order valence-corrected chi connectivity index (χ1v) is 7.73. The molecule has 3 rings (SSSR count). The van der Waals surface area contributed by atoms with Crippen molar-refractivity contribution in [3.63, 3.8) is 0 Å². The van der Waals surface area contributed by atoms with E-state index in [-0.39, 0.29) is 18.4 Å². The van der Waals surface area contributed by atoms with Crippen LogP contribution in [0.15, 0.2) is 24.3 Å². The number of benzene rings is 1. The molecule has 1 aromatic rings. The summed E-state index contributed by atoms with van der Waals surface area (Å²) in [6.45, 7) is 1.92. The number of anilines is 1. The molecule has 2 aliphatic rings. The van der Waals surface area contributed by atoms with E-state index in [1.807, 2.05) is 29.2 Å². The molecule has 0 unspecified atom stereocenters.